The van der Waals surface area contributed by atoms with Gasteiger partial charge in [0, 0.05) is 25.2 Å². The third kappa shape index (κ3) is 2.12. The Kier molecular flexibility index (Phi) is 3.59. The SMILES string of the molecule is NCC1(C(O)c2ccccc2)CCOCC1. The minimum Gasteiger partial charge on any atom is -0.388 e. The molecule has 16 heavy (non-hydrogen) atoms. The molecule has 1 saturated heterocycles. The monoisotopic (exact) mass is 221 g/mol. The molecule has 0 spiro atoms. The third-order valence-electron chi connectivity index (χ3n) is 3.59. The van der Waals surface area contributed by atoms with E-state index in [1.165, 1.54) is 0 Å². The maximum atomic E-state index is 10.5. The van der Waals surface area contributed by atoms with Gasteiger partial charge in [0.15, 0.2) is 0 Å². The van der Waals surface area contributed by atoms with Crippen molar-refractivity contribution in [3.63, 3.8) is 0 Å². The summed E-state index contributed by atoms with van der Waals surface area (Å²) >= 11 is 0. The average molecular weight is 221 g/mol. The van der Waals surface area contributed by atoms with E-state index in [-0.39, 0.29) is 5.41 Å². The van der Waals surface area contributed by atoms with Crippen LogP contribution >= 0.6 is 0 Å². The molecule has 1 aliphatic rings. The summed E-state index contributed by atoms with van der Waals surface area (Å²) in [5.41, 5.74) is 6.61. The summed E-state index contributed by atoms with van der Waals surface area (Å²) in [6.07, 6.45) is 1.18. The molecule has 0 radical (unpaired) electrons. The molecule has 0 amide bonds. The van der Waals surface area contributed by atoms with Gasteiger partial charge in [-0.05, 0) is 18.4 Å². The molecule has 3 N–H and O–H groups in total. The van der Waals surface area contributed by atoms with Crippen molar-refractivity contribution in [1.29, 1.82) is 0 Å². The Labute approximate surface area is 96.2 Å². The second-order valence-electron chi connectivity index (χ2n) is 4.49. The number of hydrogen-bond donors (Lipinski definition) is 2. The third-order valence-corrected chi connectivity index (χ3v) is 3.59. The van der Waals surface area contributed by atoms with Crippen LogP contribution < -0.4 is 5.73 Å². The lowest BCUT2D eigenvalue weighted by molar-refractivity contribution is -0.0581. The number of rotatable bonds is 3. The standard InChI is InChI=1S/C13H19NO2/c14-10-13(6-8-16-9-7-13)12(15)11-4-2-1-3-5-11/h1-5,12,15H,6-10,14H2. The van der Waals surface area contributed by atoms with Crippen molar-refractivity contribution < 1.29 is 9.84 Å². The molecule has 2 rings (SSSR count). The van der Waals surface area contributed by atoms with Gasteiger partial charge in [0.1, 0.15) is 0 Å². The number of aliphatic hydroxyl groups excluding tert-OH is 1. The molecule has 0 aromatic heterocycles. The molecule has 0 saturated carbocycles. The van der Waals surface area contributed by atoms with Crippen molar-refractivity contribution >= 4 is 0 Å². The fourth-order valence-electron chi connectivity index (χ4n) is 2.36. The number of ether oxygens (including phenoxy) is 1. The first-order chi connectivity index (χ1) is 7.78. The summed E-state index contributed by atoms with van der Waals surface area (Å²) in [5, 5.41) is 10.5. The van der Waals surface area contributed by atoms with Crippen LogP contribution in [0.3, 0.4) is 0 Å². The topological polar surface area (TPSA) is 55.5 Å². The Morgan fingerprint density at radius 1 is 1.25 bits per heavy atom. The van der Waals surface area contributed by atoms with Crippen molar-refractivity contribution in [3.05, 3.63) is 35.9 Å². The Bertz CT molecular complexity index is 320. The van der Waals surface area contributed by atoms with E-state index in [1.807, 2.05) is 30.3 Å². The molecule has 1 aromatic rings. The number of benzene rings is 1. The van der Waals surface area contributed by atoms with Crippen LogP contribution in [0.2, 0.25) is 0 Å². The van der Waals surface area contributed by atoms with Gasteiger partial charge in [0.25, 0.3) is 0 Å². The molecule has 1 fully saturated rings. The Morgan fingerprint density at radius 3 is 2.44 bits per heavy atom. The molecule has 3 heteroatoms. The molecular weight excluding hydrogens is 202 g/mol. The van der Waals surface area contributed by atoms with E-state index in [0.29, 0.717) is 19.8 Å². The molecule has 88 valence electrons. The summed E-state index contributed by atoms with van der Waals surface area (Å²) in [5.74, 6) is 0. The van der Waals surface area contributed by atoms with Crippen molar-refractivity contribution in [1.82, 2.24) is 0 Å². The molecule has 0 aliphatic carbocycles. The van der Waals surface area contributed by atoms with Crippen LogP contribution in [0.25, 0.3) is 0 Å². The quantitative estimate of drug-likeness (QED) is 0.812. The zero-order valence-electron chi connectivity index (χ0n) is 9.43. The van der Waals surface area contributed by atoms with Crippen molar-refractivity contribution in [2.75, 3.05) is 19.8 Å². The van der Waals surface area contributed by atoms with Crippen LogP contribution in [0, 0.1) is 5.41 Å². The van der Waals surface area contributed by atoms with Crippen molar-refractivity contribution in [2.45, 2.75) is 18.9 Å². The first-order valence-corrected chi connectivity index (χ1v) is 5.79. The molecule has 0 bridgehead atoms. The van der Waals surface area contributed by atoms with E-state index in [4.69, 9.17) is 10.5 Å². The molecule has 1 unspecified atom stereocenters. The van der Waals surface area contributed by atoms with E-state index < -0.39 is 6.10 Å². The maximum Gasteiger partial charge on any atom is 0.0860 e. The fourth-order valence-corrected chi connectivity index (χ4v) is 2.36. The Hall–Kier alpha value is -0.900. The first-order valence-electron chi connectivity index (χ1n) is 5.79. The summed E-state index contributed by atoms with van der Waals surface area (Å²) in [7, 11) is 0. The highest BCUT2D eigenvalue weighted by Crippen LogP contribution is 2.41. The lowest BCUT2D eigenvalue weighted by atomic mass is 9.73. The number of hydrogen-bond acceptors (Lipinski definition) is 3. The smallest absolute Gasteiger partial charge is 0.0860 e. The van der Waals surface area contributed by atoms with E-state index in [0.717, 1.165) is 18.4 Å². The van der Waals surface area contributed by atoms with Gasteiger partial charge in [-0.2, -0.15) is 0 Å². The van der Waals surface area contributed by atoms with Crippen molar-refractivity contribution in [2.24, 2.45) is 11.1 Å². The normalized spacial score (nSPS) is 21.6. The van der Waals surface area contributed by atoms with Gasteiger partial charge in [-0.15, -0.1) is 0 Å². The molecule has 1 aliphatic heterocycles. The predicted octanol–water partition coefficient (Wildman–Crippen LogP) is 1.48. The maximum absolute atomic E-state index is 10.5. The summed E-state index contributed by atoms with van der Waals surface area (Å²) < 4.78 is 5.35. The van der Waals surface area contributed by atoms with Gasteiger partial charge in [-0.25, -0.2) is 0 Å². The summed E-state index contributed by atoms with van der Waals surface area (Å²) in [6.45, 7) is 1.90. The molecular formula is C13H19NO2. The molecule has 3 nitrogen and oxygen atoms in total. The van der Waals surface area contributed by atoms with Crippen LogP contribution in [-0.4, -0.2) is 24.9 Å². The van der Waals surface area contributed by atoms with Crippen molar-refractivity contribution in [3.8, 4) is 0 Å². The largest absolute Gasteiger partial charge is 0.388 e. The van der Waals surface area contributed by atoms with Crippen LogP contribution in [0.5, 0.6) is 0 Å². The highest BCUT2D eigenvalue weighted by atomic mass is 16.5. The van der Waals surface area contributed by atoms with Crippen LogP contribution in [0.1, 0.15) is 24.5 Å². The predicted molar refractivity (Wildman–Crippen MR) is 62.9 cm³/mol. The minimum absolute atomic E-state index is 0.209. The zero-order chi connectivity index (χ0) is 11.4. The summed E-state index contributed by atoms with van der Waals surface area (Å²) in [4.78, 5) is 0. The van der Waals surface area contributed by atoms with E-state index in [2.05, 4.69) is 0 Å². The van der Waals surface area contributed by atoms with Gasteiger partial charge in [0.05, 0.1) is 6.10 Å². The average Bonchev–Trinajstić information content (AvgIpc) is 2.39. The molecule has 1 aromatic carbocycles. The van der Waals surface area contributed by atoms with E-state index in [1.54, 1.807) is 0 Å². The Morgan fingerprint density at radius 2 is 1.88 bits per heavy atom. The second-order valence-corrected chi connectivity index (χ2v) is 4.49. The van der Waals surface area contributed by atoms with Crippen LogP contribution in [0.15, 0.2) is 30.3 Å². The highest BCUT2D eigenvalue weighted by molar-refractivity contribution is 5.20. The van der Waals surface area contributed by atoms with Gasteiger partial charge in [0.2, 0.25) is 0 Å². The van der Waals surface area contributed by atoms with Gasteiger partial charge in [-0.3, -0.25) is 0 Å². The van der Waals surface area contributed by atoms with E-state index in [9.17, 15) is 5.11 Å². The lowest BCUT2D eigenvalue weighted by Gasteiger charge is -2.40. The van der Waals surface area contributed by atoms with Gasteiger partial charge < -0.3 is 15.6 Å². The number of nitrogens with two attached hydrogens (primary N) is 1. The van der Waals surface area contributed by atoms with E-state index >= 15 is 0 Å². The second kappa shape index (κ2) is 4.95. The van der Waals surface area contributed by atoms with Crippen LogP contribution in [-0.2, 0) is 4.74 Å². The number of aliphatic hydroxyl groups is 1. The lowest BCUT2D eigenvalue weighted by Crippen LogP contribution is -2.41. The molecule has 1 atom stereocenters. The Balaban J connectivity index is 2.20. The first kappa shape index (κ1) is 11.6. The summed E-state index contributed by atoms with van der Waals surface area (Å²) in [6, 6.07) is 9.76. The fraction of sp³-hybridized carbons (Fsp3) is 0.538. The highest BCUT2D eigenvalue weighted by Gasteiger charge is 2.38. The van der Waals surface area contributed by atoms with Gasteiger partial charge >= 0.3 is 0 Å². The minimum atomic E-state index is -0.484. The van der Waals surface area contributed by atoms with Gasteiger partial charge in [-0.1, -0.05) is 30.3 Å². The van der Waals surface area contributed by atoms with Crippen LogP contribution in [0.4, 0.5) is 0 Å². The zero-order valence-corrected chi connectivity index (χ0v) is 9.43. The molecule has 1 heterocycles.